The van der Waals surface area contributed by atoms with Crippen molar-refractivity contribution in [2.24, 2.45) is 0 Å². The molecule has 1 aromatic carbocycles. The van der Waals surface area contributed by atoms with Crippen LogP contribution in [0.5, 0.6) is 0 Å². The summed E-state index contributed by atoms with van der Waals surface area (Å²) in [4.78, 5) is 29.8. The molecule has 138 valence electrons. The molecule has 0 aliphatic carbocycles. The second-order valence-corrected chi connectivity index (χ2v) is 7.33. The molecule has 0 saturated carbocycles. The molecule has 7 nitrogen and oxygen atoms in total. The molecule has 1 aliphatic heterocycles. The molecule has 1 aromatic rings. The van der Waals surface area contributed by atoms with Gasteiger partial charge in [-0.15, -0.1) is 0 Å². The van der Waals surface area contributed by atoms with E-state index in [-0.39, 0.29) is 12.1 Å². The molecule has 0 aromatic heterocycles. The molecule has 0 unspecified atom stereocenters. The van der Waals surface area contributed by atoms with Gasteiger partial charge in [0.25, 0.3) is 0 Å². The maximum Gasteiger partial charge on any atom is 0.410 e. The fourth-order valence-electron chi connectivity index (χ4n) is 2.46. The van der Waals surface area contributed by atoms with Crippen LogP contribution in [0.3, 0.4) is 0 Å². The molecule has 7 heteroatoms. The van der Waals surface area contributed by atoms with Crippen molar-refractivity contribution in [1.82, 2.24) is 9.80 Å². The number of hydrogen-bond donors (Lipinski definition) is 1. The summed E-state index contributed by atoms with van der Waals surface area (Å²) in [5.41, 5.74) is 1.32. The Morgan fingerprint density at radius 1 is 1.00 bits per heavy atom. The van der Waals surface area contributed by atoms with Crippen LogP contribution in [-0.2, 0) is 4.74 Å². The van der Waals surface area contributed by atoms with Crippen molar-refractivity contribution < 1.29 is 14.3 Å². The first kappa shape index (κ1) is 18.9. The summed E-state index contributed by atoms with van der Waals surface area (Å²) in [6.45, 7) is 7.45. The van der Waals surface area contributed by atoms with Crippen molar-refractivity contribution in [3.63, 3.8) is 0 Å². The molecule has 25 heavy (non-hydrogen) atoms. The van der Waals surface area contributed by atoms with E-state index in [0.29, 0.717) is 26.2 Å². The SMILES string of the molecule is CN(C)c1ccc(NC(=O)N2CCN(C(=O)OC(C)(C)C)CC2)cc1. The molecule has 3 amide bonds. The van der Waals surface area contributed by atoms with E-state index in [1.54, 1.807) is 9.80 Å². The van der Waals surface area contributed by atoms with E-state index in [1.165, 1.54) is 0 Å². The first-order valence-electron chi connectivity index (χ1n) is 8.47. The predicted molar refractivity (Wildman–Crippen MR) is 99.2 cm³/mol. The number of anilines is 2. The molecule has 1 N–H and O–H groups in total. The van der Waals surface area contributed by atoms with E-state index >= 15 is 0 Å². The number of nitrogens with zero attached hydrogens (tertiary/aromatic N) is 3. The highest BCUT2D eigenvalue weighted by Crippen LogP contribution is 2.17. The average molecular weight is 348 g/mol. The lowest BCUT2D eigenvalue weighted by Gasteiger charge is -2.35. The minimum absolute atomic E-state index is 0.151. The standard InChI is InChI=1S/C18H28N4O3/c1-18(2,3)25-17(24)22-12-10-21(11-13-22)16(23)19-14-6-8-15(9-7-14)20(4)5/h6-9H,10-13H2,1-5H3,(H,19,23). The van der Waals surface area contributed by atoms with E-state index in [9.17, 15) is 9.59 Å². The van der Waals surface area contributed by atoms with Gasteiger partial charge in [0.15, 0.2) is 0 Å². The van der Waals surface area contributed by atoms with E-state index < -0.39 is 5.60 Å². The van der Waals surface area contributed by atoms with Crippen molar-refractivity contribution in [2.45, 2.75) is 26.4 Å². The highest BCUT2D eigenvalue weighted by atomic mass is 16.6. The number of carbonyl (C=O) groups excluding carboxylic acids is 2. The summed E-state index contributed by atoms with van der Waals surface area (Å²) in [5.74, 6) is 0. The summed E-state index contributed by atoms with van der Waals surface area (Å²) >= 11 is 0. The Bertz CT molecular complexity index is 600. The molecule has 1 aliphatic rings. The fraction of sp³-hybridized carbons (Fsp3) is 0.556. The van der Waals surface area contributed by atoms with Crippen molar-refractivity contribution in [1.29, 1.82) is 0 Å². The van der Waals surface area contributed by atoms with E-state index in [4.69, 9.17) is 4.74 Å². The Kier molecular flexibility index (Phi) is 5.77. The van der Waals surface area contributed by atoms with Crippen LogP contribution in [0, 0.1) is 0 Å². The summed E-state index contributed by atoms with van der Waals surface area (Å²) in [5, 5.41) is 2.89. The zero-order valence-corrected chi connectivity index (χ0v) is 15.7. The number of piperazine rings is 1. The number of benzene rings is 1. The molecule has 2 rings (SSSR count). The van der Waals surface area contributed by atoms with Crippen LogP contribution in [0.25, 0.3) is 0 Å². The molecule has 0 spiro atoms. The Hall–Kier alpha value is -2.44. The number of amides is 3. The van der Waals surface area contributed by atoms with Crippen LogP contribution >= 0.6 is 0 Å². The summed E-state index contributed by atoms with van der Waals surface area (Å²) in [6.07, 6.45) is -0.327. The lowest BCUT2D eigenvalue weighted by Crippen LogP contribution is -2.52. The number of nitrogens with one attached hydrogen (secondary N) is 1. The lowest BCUT2D eigenvalue weighted by molar-refractivity contribution is 0.0174. The third kappa shape index (κ3) is 5.55. The third-order valence-corrected chi connectivity index (χ3v) is 3.85. The molecular formula is C18H28N4O3. The van der Waals surface area contributed by atoms with Gasteiger partial charge in [-0.1, -0.05) is 0 Å². The quantitative estimate of drug-likeness (QED) is 0.892. The minimum atomic E-state index is -0.510. The van der Waals surface area contributed by atoms with Gasteiger partial charge in [0, 0.05) is 51.6 Å². The topological polar surface area (TPSA) is 65.1 Å². The highest BCUT2D eigenvalue weighted by Gasteiger charge is 2.27. The zero-order valence-electron chi connectivity index (χ0n) is 15.7. The van der Waals surface area contributed by atoms with Crippen LogP contribution in [0.4, 0.5) is 21.0 Å². The number of urea groups is 1. The van der Waals surface area contributed by atoms with Crippen LogP contribution in [0.1, 0.15) is 20.8 Å². The minimum Gasteiger partial charge on any atom is -0.444 e. The summed E-state index contributed by atoms with van der Waals surface area (Å²) in [7, 11) is 3.94. The molecule has 0 bridgehead atoms. The Balaban J connectivity index is 1.84. The maximum absolute atomic E-state index is 12.4. The van der Waals surface area contributed by atoms with Gasteiger partial charge in [-0.05, 0) is 45.0 Å². The van der Waals surface area contributed by atoms with Gasteiger partial charge in [-0.2, -0.15) is 0 Å². The first-order chi connectivity index (χ1) is 11.7. The molecule has 1 heterocycles. The summed E-state index contributed by atoms with van der Waals surface area (Å²) < 4.78 is 5.36. The first-order valence-corrected chi connectivity index (χ1v) is 8.47. The second-order valence-electron chi connectivity index (χ2n) is 7.33. The number of hydrogen-bond acceptors (Lipinski definition) is 4. The molecule has 0 radical (unpaired) electrons. The van der Waals surface area contributed by atoms with Gasteiger partial charge in [-0.3, -0.25) is 0 Å². The van der Waals surface area contributed by atoms with Gasteiger partial charge in [0.05, 0.1) is 0 Å². The van der Waals surface area contributed by atoms with Gasteiger partial charge < -0.3 is 24.8 Å². The van der Waals surface area contributed by atoms with Crippen LogP contribution in [0.2, 0.25) is 0 Å². The van der Waals surface area contributed by atoms with Crippen molar-refractivity contribution in [3.8, 4) is 0 Å². The number of rotatable bonds is 2. The Morgan fingerprint density at radius 3 is 2.00 bits per heavy atom. The molecule has 0 atom stereocenters. The maximum atomic E-state index is 12.4. The summed E-state index contributed by atoms with van der Waals surface area (Å²) in [6, 6.07) is 7.52. The largest absolute Gasteiger partial charge is 0.444 e. The molecular weight excluding hydrogens is 320 g/mol. The van der Waals surface area contributed by atoms with Gasteiger partial charge >= 0.3 is 12.1 Å². The van der Waals surface area contributed by atoms with Crippen LogP contribution < -0.4 is 10.2 Å². The van der Waals surface area contributed by atoms with Crippen LogP contribution in [-0.4, -0.2) is 67.8 Å². The second kappa shape index (κ2) is 7.63. The van der Waals surface area contributed by atoms with E-state index in [2.05, 4.69) is 5.32 Å². The number of ether oxygens (including phenoxy) is 1. The highest BCUT2D eigenvalue weighted by molar-refractivity contribution is 5.89. The van der Waals surface area contributed by atoms with Gasteiger partial charge in [0.2, 0.25) is 0 Å². The molecule has 1 saturated heterocycles. The Morgan fingerprint density at radius 2 is 1.52 bits per heavy atom. The predicted octanol–water partition coefficient (Wildman–Crippen LogP) is 2.84. The molecule has 1 fully saturated rings. The van der Waals surface area contributed by atoms with Crippen molar-refractivity contribution >= 4 is 23.5 Å². The van der Waals surface area contributed by atoms with Gasteiger partial charge in [-0.25, -0.2) is 9.59 Å². The fourth-order valence-corrected chi connectivity index (χ4v) is 2.46. The number of carbonyl (C=O) groups is 2. The normalized spacial score (nSPS) is 14.9. The van der Waals surface area contributed by atoms with E-state index in [0.717, 1.165) is 11.4 Å². The third-order valence-electron chi connectivity index (χ3n) is 3.85. The van der Waals surface area contributed by atoms with Crippen LogP contribution in [0.15, 0.2) is 24.3 Å². The average Bonchev–Trinajstić information content (AvgIpc) is 2.54. The van der Waals surface area contributed by atoms with Crippen molar-refractivity contribution in [2.75, 3.05) is 50.5 Å². The smallest absolute Gasteiger partial charge is 0.410 e. The van der Waals surface area contributed by atoms with E-state index in [1.807, 2.05) is 64.0 Å². The lowest BCUT2D eigenvalue weighted by atomic mass is 10.2. The Labute approximate surface area is 149 Å². The van der Waals surface area contributed by atoms with Crippen molar-refractivity contribution in [3.05, 3.63) is 24.3 Å². The zero-order chi connectivity index (χ0) is 18.6. The monoisotopic (exact) mass is 348 g/mol. The van der Waals surface area contributed by atoms with Gasteiger partial charge in [0.1, 0.15) is 5.60 Å².